The van der Waals surface area contributed by atoms with E-state index in [2.05, 4.69) is 10.3 Å². The summed E-state index contributed by atoms with van der Waals surface area (Å²) < 4.78 is 14.0. The van der Waals surface area contributed by atoms with Crippen molar-refractivity contribution in [3.63, 3.8) is 0 Å². The lowest BCUT2D eigenvalue weighted by atomic mass is 9.82. The molecule has 0 saturated heterocycles. The van der Waals surface area contributed by atoms with Gasteiger partial charge in [0.1, 0.15) is 5.82 Å². The van der Waals surface area contributed by atoms with E-state index in [1.807, 2.05) is 0 Å². The van der Waals surface area contributed by atoms with Crippen molar-refractivity contribution in [3.8, 4) is 0 Å². The summed E-state index contributed by atoms with van der Waals surface area (Å²) in [5.41, 5.74) is 8.52. The van der Waals surface area contributed by atoms with Crippen LogP contribution in [0.25, 0.3) is 0 Å². The SMILES string of the molecule is NC(=O)C1N=CNC1(C(N)=O)c1ccc(Cl)cc1F. The Morgan fingerprint density at radius 3 is 2.63 bits per heavy atom. The maximum Gasteiger partial charge on any atom is 0.250 e. The highest BCUT2D eigenvalue weighted by molar-refractivity contribution is 6.30. The Morgan fingerprint density at radius 1 is 1.42 bits per heavy atom. The Morgan fingerprint density at radius 2 is 2.11 bits per heavy atom. The maximum atomic E-state index is 14.0. The average Bonchev–Trinajstić information content (AvgIpc) is 2.74. The number of hydrogen-bond donors (Lipinski definition) is 3. The summed E-state index contributed by atoms with van der Waals surface area (Å²) in [7, 11) is 0. The summed E-state index contributed by atoms with van der Waals surface area (Å²) in [4.78, 5) is 26.9. The molecule has 6 nitrogen and oxygen atoms in total. The number of primary amides is 2. The summed E-state index contributed by atoms with van der Waals surface area (Å²) >= 11 is 5.65. The fourth-order valence-electron chi connectivity index (χ4n) is 2.06. The van der Waals surface area contributed by atoms with E-state index in [9.17, 15) is 14.0 Å². The van der Waals surface area contributed by atoms with Crippen LogP contribution in [0.4, 0.5) is 4.39 Å². The van der Waals surface area contributed by atoms with Crippen molar-refractivity contribution >= 4 is 29.8 Å². The number of rotatable bonds is 3. The molecule has 2 atom stereocenters. The highest BCUT2D eigenvalue weighted by Crippen LogP contribution is 2.32. The van der Waals surface area contributed by atoms with E-state index in [1.165, 1.54) is 12.1 Å². The van der Waals surface area contributed by atoms with Gasteiger partial charge >= 0.3 is 0 Å². The van der Waals surface area contributed by atoms with E-state index in [4.69, 9.17) is 23.1 Å². The van der Waals surface area contributed by atoms with Crippen LogP contribution in [0.1, 0.15) is 5.56 Å². The summed E-state index contributed by atoms with van der Waals surface area (Å²) in [6.07, 6.45) is 1.11. The van der Waals surface area contributed by atoms with Crippen LogP contribution in [0, 0.1) is 5.82 Å². The molecule has 0 radical (unpaired) electrons. The number of halogens is 2. The summed E-state index contributed by atoms with van der Waals surface area (Å²) in [5, 5.41) is 2.68. The number of carbonyl (C=O) groups excluding carboxylic acids is 2. The Bertz CT molecular complexity index is 592. The number of carbonyl (C=O) groups is 2. The molecule has 0 aromatic heterocycles. The van der Waals surface area contributed by atoms with Gasteiger partial charge in [-0.05, 0) is 12.1 Å². The predicted octanol–water partition coefficient (Wildman–Crippen LogP) is -0.355. The highest BCUT2D eigenvalue weighted by Gasteiger charge is 2.52. The van der Waals surface area contributed by atoms with Crippen molar-refractivity contribution in [2.75, 3.05) is 0 Å². The smallest absolute Gasteiger partial charge is 0.250 e. The third kappa shape index (κ3) is 1.91. The van der Waals surface area contributed by atoms with Gasteiger partial charge in [0, 0.05) is 10.6 Å². The number of nitrogens with two attached hydrogens (primary N) is 2. The highest BCUT2D eigenvalue weighted by atomic mass is 35.5. The number of hydrogen-bond acceptors (Lipinski definition) is 4. The van der Waals surface area contributed by atoms with E-state index in [1.54, 1.807) is 0 Å². The van der Waals surface area contributed by atoms with E-state index in [-0.39, 0.29) is 10.6 Å². The third-order valence-electron chi connectivity index (χ3n) is 2.94. The molecule has 1 aromatic rings. The van der Waals surface area contributed by atoms with Gasteiger partial charge < -0.3 is 16.8 Å². The molecule has 100 valence electrons. The Balaban J connectivity index is 2.64. The number of nitrogens with zero attached hydrogens (tertiary/aromatic N) is 1. The molecule has 0 saturated carbocycles. The minimum atomic E-state index is -1.83. The normalized spacial score (nSPS) is 25.1. The lowest BCUT2D eigenvalue weighted by molar-refractivity contribution is -0.130. The predicted molar refractivity (Wildman–Crippen MR) is 66.9 cm³/mol. The average molecular weight is 285 g/mol. The molecular formula is C11H10ClFN4O2. The van der Waals surface area contributed by atoms with Crippen LogP contribution >= 0.6 is 11.6 Å². The molecule has 2 amide bonds. The molecule has 2 rings (SSSR count). The minimum absolute atomic E-state index is 0.134. The molecule has 0 bridgehead atoms. The van der Waals surface area contributed by atoms with Crippen molar-refractivity contribution in [3.05, 3.63) is 34.6 Å². The second-order valence-corrected chi connectivity index (χ2v) is 4.46. The summed E-state index contributed by atoms with van der Waals surface area (Å²) in [6.45, 7) is 0. The van der Waals surface area contributed by atoms with Crippen molar-refractivity contribution in [2.24, 2.45) is 16.5 Å². The van der Waals surface area contributed by atoms with Gasteiger partial charge in [0.05, 0.1) is 6.34 Å². The van der Waals surface area contributed by atoms with E-state index in [0.717, 1.165) is 12.4 Å². The number of nitrogens with one attached hydrogen (secondary N) is 1. The van der Waals surface area contributed by atoms with Crippen LogP contribution in [0.15, 0.2) is 23.2 Å². The molecular weight excluding hydrogens is 275 g/mol. The molecule has 1 aliphatic rings. The zero-order valence-corrected chi connectivity index (χ0v) is 10.3. The monoisotopic (exact) mass is 284 g/mol. The lowest BCUT2D eigenvalue weighted by Crippen LogP contribution is -2.59. The lowest BCUT2D eigenvalue weighted by Gasteiger charge is -2.30. The fraction of sp³-hybridized carbons (Fsp3) is 0.182. The Hall–Kier alpha value is -2.15. The maximum absolute atomic E-state index is 14.0. The summed E-state index contributed by atoms with van der Waals surface area (Å²) in [6, 6.07) is 2.34. The van der Waals surface area contributed by atoms with E-state index < -0.39 is 29.2 Å². The van der Waals surface area contributed by atoms with Crippen LogP contribution in [-0.4, -0.2) is 24.2 Å². The molecule has 0 spiro atoms. The topological polar surface area (TPSA) is 111 Å². The van der Waals surface area contributed by atoms with Gasteiger partial charge in [-0.3, -0.25) is 14.6 Å². The van der Waals surface area contributed by atoms with E-state index in [0.29, 0.717) is 0 Å². The quantitative estimate of drug-likeness (QED) is 0.705. The number of amides is 2. The third-order valence-corrected chi connectivity index (χ3v) is 3.18. The molecule has 2 unspecified atom stereocenters. The first-order valence-electron chi connectivity index (χ1n) is 5.23. The Labute approximate surface area is 112 Å². The molecule has 0 aliphatic carbocycles. The second kappa shape index (κ2) is 4.51. The van der Waals surface area contributed by atoms with Gasteiger partial charge in [0.25, 0.3) is 5.91 Å². The van der Waals surface area contributed by atoms with Crippen molar-refractivity contribution < 1.29 is 14.0 Å². The largest absolute Gasteiger partial charge is 0.368 e. The van der Waals surface area contributed by atoms with Crippen molar-refractivity contribution in [1.82, 2.24) is 5.32 Å². The second-order valence-electron chi connectivity index (χ2n) is 4.02. The van der Waals surface area contributed by atoms with Crippen molar-refractivity contribution in [1.29, 1.82) is 0 Å². The molecule has 1 aliphatic heterocycles. The van der Waals surface area contributed by atoms with E-state index >= 15 is 0 Å². The van der Waals surface area contributed by atoms with Crippen LogP contribution in [-0.2, 0) is 15.1 Å². The fourth-order valence-corrected chi connectivity index (χ4v) is 2.22. The van der Waals surface area contributed by atoms with Crippen LogP contribution in [0.3, 0.4) is 0 Å². The van der Waals surface area contributed by atoms with Gasteiger partial charge in [-0.15, -0.1) is 0 Å². The first-order valence-corrected chi connectivity index (χ1v) is 5.61. The first-order chi connectivity index (χ1) is 8.89. The molecule has 5 N–H and O–H groups in total. The molecule has 19 heavy (non-hydrogen) atoms. The van der Waals surface area contributed by atoms with Crippen LogP contribution in [0.2, 0.25) is 5.02 Å². The summed E-state index contributed by atoms with van der Waals surface area (Å²) in [5.74, 6) is -2.64. The minimum Gasteiger partial charge on any atom is -0.368 e. The number of aliphatic imine (C=N–C) groups is 1. The zero-order chi connectivity index (χ0) is 14.2. The molecule has 1 heterocycles. The van der Waals surface area contributed by atoms with Gasteiger partial charge in [0.2, 0.25) is 5.91 Å². The first kappa shape index (κ1) is 13.3. The van der Waals surface area contributed by atoms with Crippen molar-refractivity contribution in [2.45, 2.75) is 11.6 Å². The number of benzene rings is 1. The van der Waals surface area contributed by atoms with Gasteiger partial charge in [-0.2, -0.15) is 0 Å². The van der Waals surface area contributed by atoms with Crippen LogP contribution < -0.4 is 16.8 Å². The standard InChI is InChI=1S/C11H10ClFN4O2/c12-5-1-2-6(7(13)3-5)11(10(15)19)8(9(14)18)16-4-17-11/h1-4,8H,(H2,14,18)(H2,15,19)(H,16,17). The molecule has 1 aromatic carbocycles. The van der Waals surface area contributed by atoms with Gasteiger partial charge in [0.15, 0.2) is 11.6 Å². The molecule has 8 heteroatoms. The molecule has 0 fully saturated rings. The Kier molecular flexibility index (Phi) is 3.15. The van der Waals surface area contributed by atoms with Crippen LogP contribution in [0.5, 0.6) is 0 Å². The van der Waals surface area contributed by atoms with Gasteiger partial charge in [-0.1, -0.05) is 17.7 Å². The zero-order valence-electron chi connectivity index (χ0n) is 9.56. The van der Waals surface area contributed by atoms with Gasteiger partial charge in [-0.25, -0.2) is 4.39 Å².